The third-order valence-corrected chi connectivity index (χ3v) is 3.15. The lowest BCUT2D eigenvalue weighted by molar-refractivity contribution is -0.146. The van der Waals surface area contributed by atoms with Crippen molar-refractivity contribution in [3.63, 3.8) is 0 Å². The molecule has 5 nitrogen and oxygen atoms in total. The summed E-state index contributed by atoms with van der Waals surface area (Å²) >= 11 is 0. The molecule has 0 aliphatic heterocycles. The molecule has 0 spiro atoms. The van der Waals surface area contributed by atoms with Gasteiger partial charge in [-0.2, -0.15) is 13.2 Å². The van der Waals surface area contributed by atoms with Crippen LogP contribution in [0.2, 0.25) is 0 Å². The van der Waals surface area contributed by atoms with Gasteiger partial charge in [0.2, 0.25) is 0 Å². The molecule has 0 aromatic heterocycles. The van der Waals surface area contributed by atoms with E-state index in [0.29, 0.717) is 5.56 Å². The molecule has 132 valence electrons. The van der Waals surface area contributed by atoms with Gasteiger partial charge in [-0.25, -0.2) is 0 Å². The minimum atomic E-state index is -4.45. The molecule has 0 atom stereocenters. The molecule has 0 unspecified atom stereocenters. The SMILES string of the molecule is O=C(COC(=O)Cc1ccc(O)cc1)Nc1ccc(C(F)(F)F)cc1. The van der Waals surface area contributed by atoms with E-state index in [4.69, 9.17) is 9.84 Å². The van der Waals surface area contributed by atoms with Gasteiger partial charge >= 0.3 is 12.1 Å². The zero-order valence-electron chi connectivity index (χ0n) is 12.8. The Labute approximate surface area is 141 Å². The Kier molecular flexibility index (Phi) is 5.63. The number of halogens is 3. The molecule has 25 heavy (non-hydrogen) atoms. The average molecular weight is 353 g/mol. The smallest absolute Gasteiger partial charge is 0.416 e. The maximum Gasteiger partial charge on any atom is 0.416 e. The molecule has 2 rings (SSSR count). The molecule has 2 aromatic rings. The molecule has 0 fully saturated rings. The van der Waals surface area contributed by atoms with Crippen LogP contribution in [0.25, 0.3) is 0 Å². The molecule has 0 radical (unpaired) electrons. The van der Waals surface area contributed by atoms with Crippen molar-refractivity contribution in [2.45, 2.75) is 12.6 Å². The number of alkyl halides is 3. The first-order valence-electron chi connectivity index (χ1n) is 7.14. The summed E-state index contributed by atoms with van der Waals surface area (Å²) in [6, 6.07) is 9.81. The third kappa shape index (κ3) is 5.83. The zero-order valence-corrected chi connectivity index (χ0v) is 12.8. The van der Waals surface area contributed by atoms with E-state index in [9.17, 15) is 22.8 Å². The Balaban J connectivity index is 1.80. The number of ether oxygens (including phenoxy) is 1. The van der Waals surface area contributed by atoms with Gasteiger partial charge in [-0.1, -0.05) is 12.1 Å². The summed E-state index contributed by atoms with van der Waals surface area (Å²) in [5.41, 5.74) is -0.0654. The Morgan fingerprint density at radius 3 is 2.16 bits per heavy atom. The summed E-state index contributed by atoms with van der Waals surface area (Å²) in [6.07, 6.45) is -4.53. The van der Waals surface area contributed by atoms with Crippen molar-refractivity contribution in [2.75, 3.05) is 11.9 Å². The number of phenols is 1. The maximum atomic E-state index is 12.4. The van der Waals surface area contributed by atoms with Gasteiger partial charge in [-0.05, 0) is 42.0 Å². The van der Waals surface area contributed by atoms with E-state index in [1.165, 1.54) is 12.1 Å². The molecule has 0 heterocycles. The van der Waals surface area contributed by atoms with Crippen LogP contribution in [-0.2, 0) is 26.9 Å². The number of benzene rings is 2. The van der Waals surface area contributed by atoms with Crippen molar-refractivity contribution in [1.29, 1.82) is 0 Å². The first-order valence-corrected chi connectivity index (χ1v) is 7.14. The molecule has 0 saturated carbocycles. The van der Waals surface area contributed by atoms with Gasteiger partial charge < -0.3 is 15.2 Å². The van der Waals surface area contributed by atoms with E-state index in [0.717, 1.165) is 24.3 Å². The summed E-state index contributed by atoms with van der Waals surface area (Å²) in [7, 11) is 0. The number of carbonyl (C=O) groups is 2. The van der Waals surface area contributed by atoms with Crippen LogP contribution in [0, 0.1) is 0 Å². The number of phenolic OH excluding ortho intramolecular Hbond substituents is 1. The second-order valence-electron chi connectivity index (χ2n) is 5.13. The van der Waals surface area contributed by atoms with Crippen LogP contribution in [-0.4, -0.2) is 23.6 Å². The summed E-state index contributed by atoms with van der Waals surface area (Å²) in [4.78, 5) is 23.3. The molecule has 8 heteroatoms. The second-order valence-corrected chi connectivity index (χ2v) is 5.13. The number of anilines is 1. The quantitative estimate of drug-likeness (QED) is 0.810. The second kappa shape index (κ2) is 7.69. The lowest BCUT2D eigenvalue weighted by Crippen LogP contribution is -2.21. The standard InChI is InChI=1S/C17H14F3NO4/c18-17(19,20)12-3-5-13(6-4-12)21-15(23)10-25-16(24)9-11-1-7-14(22)8-2-11/h1-8,22H,9-10H2,(H,21,23). The fraction of sp³-hybridized carbons (Fsp3) is 0.176. The van der Waals surface area contributed by atoms with Crippen LogP contribution in [0.3, 0.4) is 0 Å². The highest BCUT2D eigenvalue weighted by atomic mass is 19.4. The van der Waals surface area contributed by atoms with E-state index in [1.54, 1.807) is 12.1 Å². The normalized spacial score (nSPS) is 11.0. The number of aromatic hydroxyl groups is 1. The minimum Gasteiger partial charge on any atom is -0.508 e. The molecular formula is C17H14F3NO4. The van der Waals surface area contributed by atoms with E-state index >= 15 is 0 Å². The summed E-state index contributed by atoms with van der Waals surface area (Å²) in [5, 5.41) is 11.5. The summed E-state index contributed by atoms with van der Waals surface area (Å²) < 4.78 is 42.1. The molecule has 2 N–H and O–H groups in total. The number of amides is 1. The van der Waals surface area contributed by atoms with Gasteiger partial charge in [-0.3, -0.25) is 9.59 Å². The summed E-state index contributed by atoms with van der Waals surface area (Å²) in [6.45, 7) is -0.558. The highest BCUT2D eigenvalue weighted by molar-refractivity contribution is 5.92. The highest BCUT2D eigenvalue weighted by Crippen LogP contribution is 2.29. The predicted molar refractivity (Wildman–Crippen MR) is 82.8 cm³/mol. The molecule has 0 aliphatic rings. The average Bonchev–Trinajstić information content (AvgIpc) is 2.55. The largest absolute Gasteiger partial charge is 0.508 e. The van der Waals surface area contributed by atoms with Gasteiger partial charge in [0.25, 0.3) is 5.91 Å². The first-order chi connectivity index (χ1) is 11.7. The van der Waals surface area contributed by atoms with Gasteiger partial charge in [0.1, 0.15) is 5.75 Å². The monoisotopic (exact) mass is 353 g/mol. The Morgan fingerprint density at radius 1 is 1.00 bits per heavy atom. The number of carbonyl (C=O) groups excluding carboxylic acids is 2. The van der Waals surface area contributed by atoms with Gasteiger partial charge in [-0.15, -0.1) is 0 Å². The maximum absolute atomic E-state index is 12.4. The van der Waals surface area contributed by atoms with Crippen LogP contribution in [0.15, 0.2) is 48.5 Å². The molecule has 0 saturated heterocycles. The predicted octanol–water partition coefficient (Wildman–Crippen LogP) is 3.14. The van der Waals surface area contributed by atoms with Crippen LogP contribution in [0.1, 0.15) is 11.1 Å². The Morgan fingerprint density at radius 2 is 1.60 bits per heavy atom. The summed E-state index contributed by atoms with van der Waals surface area (Å²) in [5.74, 6) is -1.25. The third-order valence-electron chi connectivity index (χ3n) is 3.15. The van der Waals surface area contributed by atoms with Crippen molar-refractivity contribution < 1.29 is 32.6 Å². The Hall–Kier alpha value is -3.03. The first kappa shape index (κ1) is 18.3. The molecule has 0 bridgehead atoms. The number of rotatable bonds is 5. The van der Waals surface area contributed by atoms with Crippen molar-refractivity contribution in [2.24, 2.45) is 0 Å². The van der Waals surface area contributed by atoms with Crippen LogP contribution in [0.4, 0.5) is 18.9 Å². The number of hydrogen-bond donors (Lipinski definition) is 2. The molecule has 0 aliphatic carbocycles. The number of hydrogen-bond acceptors (Lipinski definition) is 4. The number of nitrogens with one attached hydrogen (secondary N) is 1. The number of esters is 1. The van der Waals surface area contributed by atoms with Gasteiger partial charge in [0.05, 0.1) is 12.0 Å². The van der Waals surface area contributed by atoms with E-state index in [-0.39, 0.29) is 17.9 Å². The zero-order chi connectivity index (χ0) is 18.4. The van der Waals surface area contributed by atoms with E-state index < -0.39 is 30.2 Å². The van der Waals surface area contributed by atoms with Crippen LogP contribution < -0.4 is 5.32 Å². The van der Waals surface area contributed by atoms with Crippen molar-refractivity contribution >= 4 is 17.6 Å². The van der Waals surface area contributed by atoms with Crippen molar-refractivity contribution in [3.8, 4) is 5.75 Å². The lowest BCUT2D eigenvalue weighted by atomic mass is 10.1. The lowest BCUT2D eigenvalue weighted by Gasteiger charge is -2.09. The van der Waals surface area contributed by atoms with E-state index in [1.807, 2.05) is 0 Å². The van der Waals surface area contributed by atoms with Gasteiger partial charge in [0, 0.05) is 5.69 Å². The van der Waals surface area contributed by atoms with Crippen molar-refractivity contribution in [1.82, 2.24) is 0 Å². The fourth-order valence-corrected chi connectivity index (χ4v) is 1.92. The van der Waals surface area contributed by atoms with Gasteiger partial charge in [0.15, 0.2) is 6.61 Å². The Bertz CT molecular complexity index is 740. The molecule has 1 amide bonds. The highest BCUT2D eigenvalue weighted by Gasteiger charge is 2.29. The van der Waals surface area contributed by atoms with Crippen LogP contribution in [0.5, 0.6) is 5.75 Å². The fourth-order valence-electron chi connectivity index (χ4n) is 1.92. The molecule has 2 aromatic carbocycles. The minimum absolute atomic E-state index is 0.0630. The molecular weight excluding hydrogens is 339 g/mol. The topological polar surface area (TPSA) is 75.6 Å². The van der Waals surface area contributed by atoms with E-state index in [2.05, 4.69) is 5.32 Å². The van der Waals surface area contributed by atoms with Crippen LogP contribution >= 0.6 is 0 Å². The van der Waals surface area contributed by atoms with Crippen molar-refractivity contribution in [3.05, 3.63) is 59.7 Å².